The molecule has 0 aromatic heterocycles. The van der Waals surface area contributed by atoms with Gasteiger partial charge in [0.1, 0.15) is 5.78 Å². The standard InChI is InChI=1S/C7H12Cl2O/c1-5(8)3-7(10)4-6(2)9/h5-6H,3-4H2,1-2H3. The summed E-state index contributed by atoms with van der Waals surface area (Å²) < 4.78 is 0. The van der Waals surface area contributed by atoms with E-state index in [0.29, 0.717) is 12.8 Å². The fourth-order valence-corrected chi connectivity index (χ4v) is 1.05. The van der Waals surface area contributed by atoms with Crippen LogP contribution in [0.2, 0.25) is 0 Å². The molecule has 1 nitrogen and oxygen atoms in total. The van der Waals surface area contributed by atoms with Gasteiger partial charge in [0.25, 0.3) is 0 Å². The monoisotopic (exact) mass is 182 g/mol. The van der Waals surface area contributed by atoms with Crippen LogP contribution in [0, 0.1) is 0 Å². The number of hydrogen-bond acceptors (Lipinski definition) is 1. The van der Waals surface area contributed by atoms with Crippen LogP contribution in [-0.2, 0) is 4.79 Å². The van der Waals surface area contributed by atoms with Crippen molar-refractivity contribution in [1.82, 2.24) is 0 Å². The van der Waals surface area contributed by atoms with Crippen LogP contribution >= 0.6 is 23.2 Å². The normalized spacial score (nSPS) is 16.4. The molecule has 0 spiro atoms. The van der Waals surface area contributed by atoms with E-state index >= 15 is 0 Å². The third-order valence-electron chi connectivity index (χ3n) is 1.02. The highest BCUT2D eigenvalue weighted by atomic mass is 35.5. The van der Waals surface area contributed by atoms with Gasteiger partial charge >= 0.3 is 0 Å². The maximum atomic E-state index is 10.9. The first-order valence-corrected chi connectivity index (χ1v) is 4.19. The number of carbonyl (C=O) groups excluding carboxylic acids is 1. The minimum atomic E-state index is -0.0667. The summed E-state index contributed by atoms with van der Waals surface area (Å²) in [7, 11) is 0. The first-order chi connectivity index (χ1) is 4.52. The molecule has 0 aromatic rings. The second-order valence-corrected chi connectivity index (χ2v) is 4.00. The molecule has 0 fully saturated rings. The first kappa shape index (κ1) is 10.2. The van der Waals surface area contributed by atoms with Crippen molar-refractivity contribution in [3.8, 4) is 0 Å². The summed E-state index contributed by atoms with van der Waals surface area (Å²) in [5, 5.41) is -0.133. The van der Waals surface area contributed by atoms with Crippen LogP contribution in [0.3, 0.4) is 0 Å². The molecule has 0 rings (SSSR count). The van der Waals surface area contributed by atoms with Gasteiger partial charge in [-0.1, -0.05) is 0 Å². The predicted octanol–water partition coefficient (Wildman–Crippen LogP) is 2.59. The molecule has 0 saturated heterocycles. The Morgan fingerprint density at radius 2 is 1.50 bits per heavy atom. The van der Waals surface area contributed by atoms with Crippen molar-refractivity contribution in [2.75, 3.05) is 0 Å². The molecule has 0 aliphatic carbocycles. The minimum Gasteiger partial charge on any atom is -0.300 e. The highest BCUT2D eigenvalue weighted by Crippen LogP contribution is 2.07. The van der Waals surface area contributed by atoms with Crippen LogP contribution in [0.25, 0.3) is 0 Å². The number of hydrogen-bond donors (Lipinski definition) is 0. The number of halogens is 2. The van der Waals surface area contributed by atoms with E-state index in [9.17, 15) is 4.79 Å². The molecule has 60 valence electrons. The first-order valence-electron chi connectivity index (χ1n) is 3.32. The van der Waals surface area contributed by atoms with Gasteiger partial charge in [0.05, 0.1) is 0 Å². The fourth-order valence-electron chi connectivity index (χ4n) is 0.711. The molecule has 2 unspecified atom stereocenters. The maximum absolute atomic E-state index is 10.9. The van der Waals surface area contributed by atoms with E-state index in [-0.39, 0.29) is 16.5 Å². The van der Waals surface area contributed by atoms with Crippen LogP contribution in [0.15, 0.2) is 0 Å². The molecule has 0 bridgehead atoms. The molecule has 0 aliphatic rings. The lowest BCUT2D eigenvalue weighted by Gasteiger charge is -2.02. The quantitative estimate of drug-likeness (QED) is 0.612. The van der Waals surface area contributed by atoms with Gasteiger partial charge in [-0.2, -0.15) is 0 Å². The smallest absolute Gasteiger partial charge is 0.135 e. The molecule has 10 heavy (non-hydrogen) atoms. The molecule has 0 amide bonds. The minimum absolute atomic E-state index is 0.0667. The highest BCUT2D eigenvalue weighted by molar-refractivity contribution is 6.23. The molecule has 0 aromatic carbocycles. The predicted molar refractivity (Wildman–Crippen MR) is 44.9 cm³/mol. The topological polar surface area (TPSA) is 17.1 Å². The number of Topliss-reactive ketones (excluding diaryl/α,β-unsaturated/α-hetero) is 1. The van der Waals surface area contributed by atoms with E-state index in [1.807, 2.05) is 0 Å². The summed E-state index contributed by atoms with van der Waals surface area (Å²) in [5.41, 5.74) is 0. The third-order valence-corrected chi connectivity index (χ3v) is 1.33. The van der Waals surface area contributed by atoms with Crippen molar-refractivity contribution in [1.29, 1.82) is 0 Å². The van der Waals surface area contributed by atoms with Gasteiger partial charge in [0, 0.05) is 23.6 Å². The molecule has 0 aliphatic heterocycles. The Hall–Kier alpha value is 0.250. The van der Waals surface area contributed by atoms with Gasteiger partial charge < -0.3 is 0 Å². The SMILES string of the molecule is CC(Cl)CC(=O)CC(C)Cl. The second kappa shape index (κ2) is 4.97. The van der Waals surface area contributed by atoms with Gasteiger partial charge in [-0.3, -0.25) is 4.79 Å². The summed E-state index contributed by atoms with van der Waals surface area (Å²) in [5.74, 6) is 0.144. The second-order valence-electron chi connectivity index (χ2n) is 2.51. The number of alkyl halides is 2. The van der Waals surface area contributed by atoms with Gasteiger partial charge in [0.2, 0.25) is 0 Å². The van der Waals surface area contributed by atoms with Crippen molar-refractivity contribution >= 4 is 29.0 Å². The van der Waals surface area contributed by atoms with Crippen molar-refractivity contribution in [2.24, 2.45) is 0 Å². The molecule has 0 radical (unpaired) electrons. The Kier molecular flexibility index (Phi) is 5.10. The Bertz CT molecular complexity index is 98.2. The maximum Gasteiger partial charge on any atom is 0.135 e. The Morgan fingerprint density at radius 1 is 1.20 bits per heavy atom. The van der Waals surface area contributed by atoms with Gasteiger partial charge in [0.15, 0.2) is 0 Å². The summed E-state index contributed by atoms with van der Waals surface area (Å²) in [6.45, 7) is 3.61. The van der Waals surface area contributed by atoms with E-state index < -0.39 is 0 Å². The number of rotatable bonds is 4. The highest BCUT2D eigenvalue weighted by Gasteiger charge is 2.08. The van der Waals surface area contributed by atoms with E-state index in [4.69, 9.17) is 23.2 Å². The lowest BCUT2D eigenvalue weighted by Crippen LogP contribution is -2.08. The van der Waals surface area contributed by atoms with E-state index in [1.54, 1.807) is 13.8 Å². The van der Waals surface area contributed by atoms with Crippen molar-refractivity contribution in [3.05, 3.63) is 0 Å². The zero-order valence-electron chi connectivity index (χ0n) is 6.23. The van der Waals surface area contributed by atoms with E-state index in [1.165, 1.54) is 0 Å². The van der Waals surface area contributed by atoms with Crippen LogP contribution in [0.4, 0.5) is 0 Å². The van der Waals surface area contributed by atoms with E-state index in [2.05, 4.69) is 0 Å². The Balaban J connectivity index is 3.44. The molecular formula is C7H12Cl2O. The summed E-state index contributed by atoms with van der Waals surface area (Å²) in [4.78, 5) is 10.9. The van der Waals surface area contributed by atoms with Crippen molar-refractivity contribution in [2.45, 2.75) is 37.4 Å². The van der Waals surface area contributed by atoms with E-state index in [0.717, 1.165) is 0 Å². The lowest BCUT2D eigenvalue weighted by molar-refractivity contribution is -0.118. The summed E-state index contributed by atoms with van der Waals surface area (Å²) >= 11 is 11.2. The van der Waals surface area contributed by atoms with Crippen molar-refractivity contribution < 1.29 is 4.79 Å². The average Bonchev–Trinajstić information content (AvgIpc) is 1.58. The van der Waals surface area contributed by atoms with Gasteiger partial charge in [-0.25, -0.2) is 0 Å². The molecule has 0 N–H and O–H groups in total. The van der Waals surface area contributed by atoms with Crippen LogP contribution < -0.4 is 0 Å². The summed E-state index contributed by atoms with van der Waals surface area (Å²) in [6, 6.07) is 0. The molecule has 0 saturated carbocycles. The number of carbonyl (C=O) groups is 1. The number of ketones is 1. The molecule has 0 heterocycles. The largest absolute Gasteiger partial charge is 0.300 e. The molecular weight excluding hydrogens is 171 g/mol. The molecule has 3 heteroatoms. The lowest BCUT2D eigenvalue weighted by atomic mass is 10.1. The van der Waals surface area contributed by atoms with Crippen LogP contribution in [-0.4, -0.2) is 16.5 Å². The summed E-state index contributed by atoms with van der Waals surface area (Å²) in [6.07, 6.45) is 0.858. The zero-order valence-corrected chi connectivity index (χ0v) is 7.74. The zero-order chi connectivity index (χ0) is 8.15. The van der Waals surface area contributed by atoms with Crippen molar-refractivity contribution in [3.63, 3.8) is 0 Å². The Morgan fingerprint density at radius 3 is 1.70 bits per heavy atom. The average molecular weight is 183 g/mol. The van der Waals surface area contributed by atoms with Crippen LogP contribution in [0.5, 0.6) is 0 Å². The molecule has 2 atom stereocenters. The third kappa shape index (κ3) is 6.37. The fraction of sp³-hybridized carbons (Fsp3) is 0.857. The Labute approximate surface area is 71.7 Å². The van der Waals surface area contributed by atoms with Gasteiger partial charge in [-0.15, -0.1) is 23.2 Å². The van der Waals surface area contributed by atoms with Crippen LogP contribution in [0.1, 0.15) is 26.7 Å². The van der Waals surface area contributed by atoms with Gasteiger partial charge in [-0.05, 0) is 13.8 Å².